The van der Waals surface area contributed by atoms with Gasteiger partial charge in [0, 0.05) is 10.6 Å². The van der Waals surface area contributed by atoms with E-state index in [0.717, 1.165) is 37.3 Å². The average molecular weight is 301 g/mol. The highest BCUT2D eigenvalue weighted by molar-refractivity contribution is 7.99. The molecule has 1 unspecified atom stereocenters. The standard InChI is InChI=1S/C16H19N3OS/c17-16(8-4-1-5-9-16)15-18-14(20-19-15)12-10-21-13-7-3-2-6-11(12)13/h2-3,6-7,12H,1,4-5,8-10,17H2. The molecular formula is C16H19N3OS. The van der Waals surface area contributed by atoms with E-state index < -0.39 is 0 Å². The molecule has 1 fully saturated rings. The van der Waals surface area contributed by atoms with Crippen molar-refractivity contribution >= 4 is 11.8 Å². The van der Waals surface area contributed by atoms with Crippen LogP contribution < -0.4 is 5.73 Å². The third-order valence-electron chi connectivity index (χ3n) is 4.63. The fourth-order valence-corrected chi connectivity index (χ4v) is 4.57. The lowest BCUT2D eigenvalue weighted by Gasteiger charge is -2.29. The Kier molecular flexibility index (Phi) is 3.27. The van der Waals surface area contributed by atoms with Gasteiger partial charge in [0.15, 0.2) is 5.82 Å². The first-order valence-corrected chi connectivity index (χ1v) is 8.59. The summed E-state index contributed by atoms with van der Waals surface area (Å²) >= 11 is 1.86. The summed E-state index contributed by atoms with van der Waals surface area (Å²) in [6.45, 7) is 0. The topological polar surface area (TPSA) is 64.9 Å². The van der Waals surface area contributed by atoms with Gasteiger partial charge in [-0.25, -0.2) is 0 Å². The van der Waals surface area contributed by atoms with E-state index in [9.17, 15) is 0 Å². The Hall–Kier alpha value is -1.33. The van der Waals surface area contributed by atoms with Crippen LogP contribution in [-0.2, 0) is 5.54 Å². The van der Waals surface area contributed by atoms with E-state index >= 15 is 0 Å². The fourth-order valence-electron chi connectivity index (χ4n) is 3.35. The van der Waals surface area contributed by atoms with E-state index in [-0.39, 0.29) is 11.5 Å². The molecule has 0 amide bonds. The van der Waals surface area contributed by atoms with Gasteiger partial charge >= 0.3 is 0 Å². The van der Waals surface area contributed by atoms with Crippen molar-refractivity contribution in [2.45, 2.75) is 48.5 Å². The molecule has 0 radical (unpaired) electrons. The first-order valence-electron chi connectivity index (χ1n) is 7.61. The minimum atomic E-state index is -0.384. The lowest BCUT2D eigenvalue weighted by Crippen LogP contribution is -2.39. The van der Waals surface area contributed by atoms with Crippen LogP contribution in [0.3, 0.4) is 0 Å². The van der Waals surface area contributed by atoms with Gasteiger partial charge in [-0.05, 0) is 24.5 Å². The highest BCUT2D eigenvalue weighted by Crippen LogP contribution is 2.43. The average Bonchev–Trinajstić information content (AvgIpc) is 3.15. The number of nitrogens with two attached hydrogens (primary N) is 1. The Labute approximate surface area is 128 Å². The Morgan fingerprint density at radius 3 is 2.86 bits per heavy atom. The first kappa shape index (κ1) is 13.3. The molecule has 1 saturated carbocycles. The van der Waals surface area contributed by atoms with Crippen LogP contribution in [-0.4, -0.2) is 15.9 Å². The van der Waals surface area contributed by atoms with Gasteiger partial charge in [0.25, 0.3) is 0 Å². The van der Waals surface area contributed by atoms with Crippen molar-refractivity contribution in [2.75, 3.05) is 5.75 Å². The maximum Gasteiger partial charge on any atom is 0.235 e. The van der Waals surface area contributed by atoms with E-state index in [1.807, 2.05) is 11.8 Å². The van der Waals surface area contributed by atoms with Crippen molar-refractivity contribution in [3.05, 3.63) is 41.5 Å². The molecule has 1 aromatic carbocycles. The lowest BCUT2D eigenvalue weighted by molar-refractivity contribution is 0.273. The molecule has 2 N–H and O–H groups in total. The zero-order valence-electron chi connectivity index (χ0n) is 11.9. The third-order valence-corrected chi connectivity index (χ3v) is 5.81. The Morgan fingerprint density at radius 1 is 1.19 bits per heavy atom. The molecule has 1 aliphatic carbocycles. The van der Waals surface area contributed by atoms with Crippen LogP contribution in [0, 0.1) is 0 Å². The number of fused-ring (bicyclic) bond motifs is 1. The van der Waals surface area contributed by atoms with Crippen molar-refractivity contribution in [2.24, 2.45) is 5.73 Å². The SMILES string of the molecule is NC1(c2noc(C3CSc4ccccc43)n2)CCCCC1. The van der Waals surface area contributed by atoms with Gasteiger partial charge in [-0.2, -0.15) is 4.98 Å². The van der Waals surface area contributed by atoms with Gasteiger partial charge in [-0.1, -0.05) is 42.6 Å². The zero-order valence-corrected chi connectivity index (χ0v) is 12.7. The second kappa shape index (κ2) is 5.14. The number of benzene rings is 1. The molecule has 4 rings (SSSR count). The molecule has 21 heavy (non-hydrogen) atoms. The van der Waals surface area contributed by atoms with Gasteiger partial charge < -0.3 is 10.3 Å². The van der Waals surface area contributed by atoms with Crippen LogP contribution in [0.4, 0.5) is 0 Å². The minimum Gasteiger partial charge on any atom is -0.339 e. The highest BCUT2D eigenvalue weighted by Gasteiger charge is 2.36. The molecule has 0 spiro atoms. The quantitative estimate of drug-likeness (QED) is 0.920. The molecule has 4 nitrogen and oxygen atoms in total. The predicted octanol–water partition coefficient (Wildman–Crippen LogP) is 3.43. The predicted molar refractivity (Wildman–Crippen MR) is 82.3 cm³/mol. The summed E-state index contributed by atoms with van der Waals surface area (Å²) in [5.41, 5.74) is 7.41. The van der Waals surface area contributed by atoms with E-state index in [1.165, 1.54) is 16.9 Å². The maximum absolute atomic E-state index is 6.50. The Morgan fingerprint density at radius 2 is 2.00 bits per heavy atom. The van der Waals surface area contributed by atoms with Crippen molar-refractivity contribution in [3.8, 4) is 0 Å². The molecule has 110 valence electrons. The first-order chi connectivity index (χ1) is 10.3. The summed E-state index contributed by atoms with van der Waals surface area (Å²) in [4.78, 5) is 5.99. The van der Waals surface area contributed by atoms with Gasteiger partial charge in [-0.3, -0.25) is 0 Å². The smallest absolute Gasteiger partial charge is 0.235 e. The van der Waals surface area contributed by atoms with E-state index in [2.05, 4.69) is 34.4 Å². The van der Waals surface area contributed by atoms with E-state index in [1.54, 1.807) is 0 Å². The Balaban J connectivity index is 1.64. The molecule has 5 heteroatoms. The van der Waals surface area contributed by atoms with E-state index in [0.29, 0.717) is 5.82 Å². The van der Waals surface area contributed by atoms with Gasteiger partial charge in [0.1, 0.15) is 0 Å². The maximum atomic E-state index is 6.50. The number of rotatable bonds is 2. The minimum absolute atomic E-state index is 0.208. The van der Waals surface area contributed by atoms with Crippen LogP contribution >= 0.6 is 11.8 Å². The largest absolute Gasteiger partial charge is 0.339 e. The zero-order chi connectivity index (χ0) is 14.3. The molecule has 1 aromatic heterocycles. The molecule has 0 bridgehead atoms. The van der Waals surface area contributed by atoms with Crippen LogP contribution in [0.5, 0.6) is 0 Å². The molecule has 1 atom stereocenters. The second-order valence-corrected chi connectivity index (χ2v) is 7.14. The summed E-state index contributed by atoms with van der Waals surface area (Å²) in [6.07, 6.45) is 5.49. The van der Waals surface area contributed by atoms with E-state index in [4.69, 9.17) is 10.3 Å². The number of nitrogens with zero attached hydrogens (tertiary/aromatic N) is 2. The molecule has 2 aromatic rings. The monoisotopic (exact) mass is 301 g/mol. The molecular weight excluding hydrogens is 282 g/mol. The van der Waals surface area contributed by atoms with Crippen LogP contribution in [0.2, 0.25) is 0 Å². The summed E-state index contributed by atoms with van der Waals surface area (Å²) in [5, 5.41) is 4.21. The summed E-state index contributed by atoms with van der Waals surface area (Å²) in [5.74, 6) is 2.60. The number of hydrogen-bond donors (Lipinski definition) is 1. The number of aromatic nitrogens is 2. The highest BCUT2D eigenvalue weighted by atomic mass is 32.2. The lowest BCUT2D eigenvalue weighted by atomic mass is 9.82. The fraction of sp³-hybridized carbons (Fsp3) is 0.500. The molecule has 0 saturated heterocycles. The summed E-state index contributed by atoms with van der Waals surface area (Å²) in [7, 11) is 0. The third kappa shape index (κ3) is 2.28. The van der Waals surface area contributed by atoms with Crippen molar-refractivity contribution in [1.82, 2.24) is 10.1 Å². The van der Waals surface area contributed by atoms with Crippen LogP contribution in [0.15, 0.2) is 33.7 Å². The summed E-state index contributed by atoms with van der Waals surface area (Å²) in [6, 6.07) is 8.45. The Bertz CT molecular complexity index is 648. The van der Waals surface area contributed by atoms with Crippen molar-refractivity contribution in [3.63, 3.8) is 0 Å². The summed E-state index contributed by atoms with van der Waals surface area (Å²) < 4.78 is 5.57. The normalized spacial score (nSPS) is 24.0. The van der Waals surface area contributed by atoms with Crippen LogP contribution in [0.1, 0.15) is 55.3 Å². The number of hydrogen-bond acceptors (Lipinski definition) is 5. The second-order valence-electron chi connectivity index (χ2n) is 6.07. The van der Waals surface area contributed by atoms with Crippen LogP contribution in [0.25, 0.3) is 0 Å². The number of thioether (sulfide) groups is 1. The molecule has 2 heterocycles. The van der Waals surface area contributed by atoms with Gasteiger partial charge in [0.05, 0.1) is 11.5 Å². The molecule has 1 aliphatic heterocycles. The van der Waals surface area contributed by atoms with Gasteiger partial charge in [0.2, 0.25) is 5.89 Å². The molecule has 2 aliphatic rings. The van der Waals surface area contributed by atoms with Crippen molar-refractivity contribution in [1.29, 1.82) is 0 Å². The van der Waals surface area contributed by atoms with Crippen molar-refractivity contribution < 1.29 is 4.52 Å². The van der Waals surface area contributed by atoms with Gasteiger partial charge in [-0.15, -0.1) is 11.8 Å².